The molecule has 1 aromatic carbocycles. The number of rotatable bonds is 6. The van der Waals surface area contributed by atoms with Crippen LogP contribution in [-0.4, -0.2) is 26.6 Å². The number of aldehydes is 1. The van der Waals surface area contributed by atoms with Gasteiger partial charge in [0.25, 0.3) is 0 Å². The van der Waals surface area contributed by atoms with Gasteiger partial charge in [-0.25, -0.2) is 9.97 Å². The van der Waals surface area contributed by atoms with Crippen LogP contribution in [0.4, 0.5) is 0 Å². The van der Waals surface area contributed by atoms with E-state index in [4.69, 9.17) is 4.74 Å². The molecule has 2 heterocycles. The van der Waals surface area contributed by atoms with Gasteiger partial charge < -0.3 is 14.1 Å². The molecular weight excluding hydrogens is 294 g/mol. The predicted molar refractivity (Wildman–Crippen MR) is 84.4 cm³/mol. The summed E-state index contributed by atoms with van der Waals surface area (Å²) in [4.78, 5) is 30.8. The number of fused-ring (bicyclic) bond motifs is 1. The number of carbonyl (C=O) groups excluding carboxylic acids is 2. The third-order valence-corrected chi connectivity index (χ3v) is 3.49. The summed E-state index contributed by atoms with van der Waals surface area (Å²) in [7, 11) is 0. The van der Waals surface area contributed by atoms with E-state index in [9.17, 15) is 9.59 Å². The van der Waals surface area contributed by atoms with Gasteiger partial charge in [-0.05, 0) is 31.2 Å². The van der Waals surface area contributed by atoms with Crippen LogP contribution in [-0.2, 0) is 17.9 Å². The molecule has 0 amide bonds. The maximum atomic E-state index is 11.8. The highest BCUT2D eigenvalue weighted by molar-refractivity contribution is 6.07. The van der Waals surface area contributed by atoms with Crippen molar-refractivity contribution in [3.8, 4) is 5.75 Å². The highest BCUT2D eigenvalue weighted by Gasteiger charge is 2.13. The van der Waals surface area contributed by atoms with Crippen molar-refractivity contribution in [1.29, 1.82) is 0 Å². The quantitative estimate of drug-likeness (QED) is 0.516. The first kappa shape index (κ1) is 14.9. The zero-order valence-corrected chi connectivity index (χ0v) is 12.6. The third-order valence-electron chi connectivity index (χ3n) is 3.49. The Morgan fingerprint density at radius 2 is 2.09 bits per heavy atom. The van der Waals surface area contributed by atoms with Gasteiger partial charge in [-0.15, -0.1) is 0 Å². The van der Waals surface area contributed by atoms with E-state index in [-0.39, 0.29) is 18.9 Å². The fourth-order valence-electron chi connectivity index (χ4n) is 2.43. The van der Waals surface area contributed by atoms with E-state index in [1.54, 1.807) is 41.4 Å². The first-order valence-corrected chi connectivity index (χ1v) is 7.15. The van der Waals surface area contributed by atoms with Crippen molar-refractivity contribution in [3.63, 3.8) is 0 Å². The van der Waals surface area contributed by atoms with Gasteiger partial charge in [0, 0.05) is 35.1 Å². The van der Waals surface area contributed by atoms with Gasteiger partial charge >= 0.3 is 0 Å². The Balaban J connectivity index is 1.92. The van der Waals surface area contributed by atoms with E-state index in [1.807, 2.05) is 6.07 Å². The summed E-state index contributed by atoms with van der Waals surface area (Å²) in [5, 5.41) is 0.769. The van der Waals surface area contributed by atoms with Crippen LogP contribution in [0, 0.1) is 0 Å². The van der Waals surface area contributed by atoms with Gasteiger partial charge in [0.1, 0.15) is 18.6 Å². The molecule has 0 fully saturated rings. The summed E-state index contributed by atoms with van der Waals surface area (Å²) in [5.41, 5.74) is 1.40. The van der Waals surface area contributed by atoms with Crippen LogP contribution in [0.15, 0.2) is 42.9 Å². The molecule has 0 radical (unpaired) electrons. The number of hydrogen-bond donors (Lipinski definition) is 0. The fraction of sp³-hybridized carbons (Fsp3) is 0.176. The molecule has 3 rings (SSSR count). The average Bonchev–Trinajstić information content (AvgIpc) is 2.93. The smallest absolute Gasteiger partial charge is 0.166 e. The Hall–Kier alpha value is -3.02. The number of benzene rings is 1. The molecule has 0 saturated carbocycles. The predicted octanol–water partition coefficient (Wildman–Crippen LogP) is 2.41. The highest BCUT2D eigenvalue weighted by atomic mass is 16.5. The monoisotopic (exact) mass is 309 g/mol. The van der Waals surface area contributed by atoms with Crippen molar-refractivity contribution in [2.24, 2.45) is 0 Å². The lowest BCUT2D eigenvalue weighted by molar-refractivity contribution is -0.108. The van der Waals surface area contributed by atoms with Crippen molar-refractivity contribution in [2.45, 2.75) is 20.1 Å². The second-order valence-corrected chi connectivity index (χ2v) is 5.05. The number of hydrogen-bond acceptors (Lipinski definition) is 5. The largest absolute Gasteiger partial charge is 0.486 e. The molecule has 0 aliphatic carbocycles. The number of ether oxygens (including phenoxy) is 1. The second-order valence-electron chi connectivity index (χ2n) is 5.05. The standard InChI is InChI=1S/C17H15N3O3/c1-12(22)15-10-20(7-8-21)16-4-3-13(9-14(15)16)23-11-17-18-5-2-6-19-17/h2-6,8-10H,7,11H2,1H3. The molecular formula is C17H15N3O3. The Kier molecular flexibility index (Phi) is 4.14. The van der Waals surface area contributed by atoms with E-state index in [2.05, 4.69) is 9.97 Å². The topological polar surface area (TPSA) is 74.1 Å². The van der Waals surface area contributed by atoms with Gasteiger partial charge in [0.05, 0.1) is 6.54 Å². The summed E-state index contributed by atoms with van der Waals surface area (Å²) < 4.78 is 7.44. The average molecular weight is 309 g/mol. The molecule has 6 nitrogen and oxygen atoms in total. The normalized spacial score (nSPS) is 10.7. The van der Waals surface area contributed by atoms with E-state index in [0.29, 0.717) is 17.1 Å². The molecule has 3 aromatic rings. The fourth-order valence-corrected chi connectivity index (χ4v) is 2.43. The Morgan fingerprint density at radius 3 is 2.78 bits per heavy atom. The van der Waals surface area contributed by atoms with Crippen molar-refractivity contribution in [1.82, 2.24) is 14.5 Å². The van der Waals surface area contributed by atoms with Crippen molar-refractivity contribution < 1.29 is 14.3 Å². The van der Waals surface area contributed by atoms with Crippen molar-refractivity contribution in [3.05, 3.63) is 54.2 Å². The van der Waals surface area contributed by atoms with Crippen molar-refractivity contribution >= 4 is 23.0 Å². The van der Waals surface area contributed by atoms with Crippen molar-refractivity contribution in [2.75, 3.05) is 0 Å². The minimum Gasteiger partial charge on any atom is -0.486 e. The molecule has 116 valence electrons. The Bertz CT molecular complexity index is 856. The van der Waals surface area contributed by atoms with E-state index in [1.165, 1.54) is 6.92 Å². The molecule has 0 spiro atoms. The molecule has 0 saturated heterocycles. The highest BCUT2D eigenvalue weighted by Crippen LogP contribution is 2.26. The maximum absolute atomic E-state index is 11.8. The van der Waals surface area contributed by atoms with E-state index < -0.39 is 0 Å². The lowest BCUT2D eigenvalue weighted by atomic mass is 10.1. The first-order valence-electron chi connectivity index (χ1n) is 7.15. The SMILES string of the molecule is CC(=O)c1cn(CC=O)c2ccc(OCc3ncccn3)cc12. The lowest BCUT2D eigenvalue weighted by Crippen LogP contribution is -2.00. The number of carbonyl (C=O) groups is 2. The van der Waals surface area contributed by atoms with Gasteiger partial charge in [0.15, 0.2) is 11.6 Å². The van der Waals surface area contributed by atoms with Crippen LogP contribution in [0.5, 0.6) is 5.75 Å². The summed E-state index contributed by atoms with van der Waals surface area (Å²) in [6, 6.07) is 7.18. The molecule has 23 heavy (non-hydrogen) atoms. The molecule has 0 N–H and O–H groups in total. The minimum atomic E-state index is -0.0526. The zero-order chi connectivity index (χ0) is 16.2. The Morgan fingerprint density at radius 1 is 1.30 bits per heavy atom. The third kappa shape index (κ3) is 3.11. The Labute approximate surface area is 132 Å². The van der Waals surface area contributed by atoms with Gasteiger partial charge in [-0.3, -0.25) is 4.79 Å². The summed E-state index contributed by atoms with van der Waals surface area (Å²) in [5.74, 6) is 1.15. The first-order chi connectivity index (χ1) is 11.2. The molecule has 0 aliphatic heterocycles. The maximum Gasteiger partial charge on any atom is 0.166 e. The van der Waals surface area contributed by atoms with Crippen LogP contribution in [0.3, 0.4) is 0 Å². The van der Waals surface area contributed by atoms with Crippen LogP contribution < -0.4 is 4.74 Å². The van der Waals surface area contributed by atoms with Crippen LogP contribution >= 0.6 is 0 Å². The van der Waals surface area contributed by atoms with E-state index in [0.717, 1.165) is 17.2 Å². The van der Waals surface area contributed by atoms with Gasteiger partial charge in [-0.2, -0.15) is 0 Å². The molecule has 0 bridgehead atoms. The van der Waals surface area contributed by atoms with Gasteiger partial charge in [-0.1, -0.05) is 0 Å². The second kappa shape index (κ2) is 6.39. The number of nitrogens with zero attached hydrogens (tertiary/aromatic N) is 3. The molecule has 0 unspecified atom stereocenters. The number of ketones is 1. The van der Waals surface area contributed by atoms with Crippen LogP contribution in [0.25, 0.3) is 10.9 Å². The molecule has 0 atom stereocenters. The zero-order valence-electron chi connectivity index (χ0n) is 12.6. The molecule has 0 aliphatic rings. The molecule has 6 heteroatoms. The van der Waals surface area contributed by atoms with Crippen LogP contribution in [0.2, 0.25) is 0 Å². The lowest BCUT2D eigenvalue weighted by Gasteiger charge is -2.06. The van der Waals surface area contributed by atoms with Gasteiger partial charge in [0.2, 0.25) is 0 Å². The van der Waals surface area contributed by atoms with Crippen LogP contribution in [0.1, 0.15) is 23.1 Å². The summed E-state index contributed by atoms with van der Waals surface area (Å²) >= 11 is 0. The summed E-state index contributed by atoms with van der Waals surface area (Å²) in [6.07, 6.45) is 5.82. The molecule has 2 aromatic heterocycles. The summed E-state index contributed by atoms with van der Waals surface area (Å²) in [6.45, 7) is 1.96. The number of aromatic nitrogens is 3. The van der Waals surface area contributed by atoms with E-state index >= 15 is 0 Å². The minimum absolute atomic E-state index is 0.0526. The number of Topliss-reactive ketones (excluding diaryl/α,β-unsaturated/α-hetero) is 1.